The zero-order valence-electron chi connectivity index (χ0n) is 9.71. The summed E-state index contributed by atoms with van der Waals surface area (Å²) in [6, 6.07) is 6.33. The van der Waals surface area contributed by atoms with Crippen molar-refractivity contribution in [1.82, 2.24) is 0 Å². The van der Waals surface area contributed by atoms with Gasteiger partial charge in [-0.25, -0.2) is 0 Å². The van der Waals surface area contributed by atoms with Gasteiger partial charge in [0.2, 0.25) is 0 Å². The van der Waals surface area contributed by atoms with Crippen LogP contribution in [0.5, 0.6) is 0 Å². The van der Waals surface area contributed by atoms with E-state index in [9.17, 15) is 0 Å². The third-order valence-electron chi connectivity index (χ3n) is 2.23. The summed E-state index contributed by atoms with van der Waals surface area (Å²) in [5.74, 6) is 0.902. The molecule has 0 aliphatic rings. The van der Waals surface area contributed by atoms with Gasteiger partial charge >= 0.3 is 0 Å². The molecule has 2 N–H and O–H groups in total. The summed E-state index contributed by atoms with van der Waals surface area (Å²) in [7, 11) is 0. The van der Waals surface area contributed by atoms with Crippen molar-refractivity contribution in [1.29, 1.82) is 0 Å². The zero-order valence-corrected chi connectivity index (χ0v) is 10.5. The van der Waals surface area contributed by atoms with Crippen LogP contribution in [0.25, 0.3) is 0 Å². The first kappa shape index (κ1) is 12.2. The Bertz CT molecular complexity index is 350. The molecule has 0 atom stereocenters. The molecule has 0 saturated carbocycles. The van der Waals surface area contributed by atoms with Crippen molar-refractivity contribution in [2.24, 2.45) is 0 Å². The summed E-state index contributed by atoms with van der Waals surface area (Å²) in [5, 5.41) is 0. The number of benzene rings is 1. The Kier molecular flexibility index (Phi) is 3.86. The highest BCUT2D eigenvalue weighted by atomic mass is 32.2. The van der Waals surface area contributed by atoms with Gasteiger partial charge in [-0.05, 0) is 23.1 Å². The molecule has 0 saturated heterocycles. The lowest BCUT2D eigenvalue weighted by atomic mass is 9.87. The first-order chi connectivity index (χ1) is 6.95. The number of rotatable bonds is 3. The van der Waals surface area contributed by atoms with E-state index in [-0.39, 0.29) is 5.41 Å². The summed E-state index contributed by atoms with van der Waals surface area (Å²) in [4.78, 5) is 1.14. The van der Waals surface area contributed by atoms with Crippen LogP contribution in [0.15, 0.2) is 35.7 Å². The highest BCUT2D eigenvalue weighted by Crippen LogP contribution is 2.30. The summed E-state index contributed by atoms with van der Waals surface area (Å²) >= 11 is 1.72. The highest BCUT2D eigenvalue weighted by Gasteiger charge is 2.14. The third kappa shape index (κ3) is 3.31. The van der Waals surface area contributed by atoms with Gasteiger partial charge in [-0.3, -0.25) is 0 Å². The van der Waals surface area contributed by atoms with E-state index >= 15 is 0 Å². The molecule has 1 rings (SSSR count). The van der Waals surface area contributed by atoms with Crippen molar-refractivity contribution in [3.8, 4) is 0 Å². The normalized spacial score (nSPS) is 11.4. The molecule has 0 radical (unpaired) electrons. The number of hydrogen-bond donors (Lipinski definition) is 1. The van der Waals surface area contributed by atoms with Crippen LogP contribution < -0.4 is 5.73 Å². The van der Waals surface area contributed by atoms with E-state index in [1.807, 2.05) is 6.08 Å². The van der Waals surface area contributed by atoms with E-state index in [0.29, 0.717) is 0 Å². The Morgan fingerprint density at radius 2 is 2.07 bits per heavy atom. The molecular formula is C13H19NS. The second-order valence-corrected chi connectivity index (χ2v) is 5.66. The van der Waals surface area contributed by atoms with E-state index in [1.54, 1.807) is 11.8 Å². The number of hydrogen-bond acceptors (Lipinski definition) is 2. The Morgan fingerprint density at radius 1 is 1.40 bits per heavy atom. The molecule has 2 heteroatoms. The van der Waals surface area contributed by atoms with Crippen LogP contribution in [-0.4, -0.2) is 5.75 Å². The standard InChI is InChI=1S/C13H19NS/c1-5-8-15-12-7-6-10(9-11(12)14)13(2,3)4/h5-7,9H,1,8,14H2,2-4H3. The molecule has 0 fully saturated rings. The fraction of sp³-hybridized carbons (Fsp3) is 0.385. The highest BCUT2D eigenvalue weighted by molar-refractivity contribution is 7.99. The Labute approximate surface area is 96.8 Å². The van der Waals surface area contributed by atoms with E-state index in [1.165, 1.54) is 5.56 Å². The van der Waals surface area contributed by atoms with E-state index in [0.717, 1.165) is 16.3 Å². The second kappa shape index (κ2) is 4.75. The summed E-state index contributed by atoms with van der Waals surface area (Å²) < 4.78 is 0. The average molecular weight is 221 g/mol. The molecule has 0 bridgehead atoms. The van der Waals surface area contributed by atoms with Crippen molar-refractivity contribution < 1.29 is 0 Å². The molecule has 0 spiro atoms. The molecule has 0 unspecified atom stereocenters. The zero-order chi connectivity index (χ0) is 11.5. The van der Waals surface area contributed by atoms with Crippen molar-refractivity contribution >= 4 is 17.4 Å². The largest absolute Gasteiger partial charge is 0.398 e. The van der Waals surface area contributed by atoms with Gasteiger partial charge in [-0.2, -0.15) is 0 Å². The lowest BCUT2D eigenvalue weighted by molar-refractivity contribution is 0.590. The predicted octanol–water partition coefficient (Wildman–Crippen LogP) is 3.84. The van der Waals surface area contributed by atoms with Gasteiger partial charge in [0, 0.05) is 16.3 Å². The first-order valence-electron chi connectivity index (χ1n) is 5.09. The van der Waals surface area contributed by atoms with Crippen molar-refractivity contribution in [2.75, 3.05) is 11.5 Å². The van der Waals surface area contributed by atoms with Crippen LogP contribution in [0.1, 0.15) is 26.3 Å². The fourth-order valence-corrected chi connectivity index (χ4v) is 1.98. The third-order valence-corrected chi connectivity index (χ3v) is 3.32. The van der Waals surface area contributed by atoms with Crippen molar-refractivity contribution in [2.45, 2.75) is 31.1 Å². The molecule has 1 aromatic carbocycles. The van der Waals surface area contributed by atoms with Gasteiger partial charge in [0.05, 0.1) is 0 Å². The molecule has 0 amide bonds. The maximum atomic E-state index is 6.00. The van der Waals surface area contributed by atoms with Gasteiger partial charge in [-0.1, -0.05) is 32.9 Å². The molecular weight excluding hydrogens is 202 g/mol. The number of thioether (sulfide) groups is 1. The van der Waals surface area contributed by atoms with Gasteiger partial charge in [0.15, 0.2) is 0 Å². The summed E-state index contributed by atoms with van der Waals surface area (Å²) in [5.41, 5.74) is 8.32. The molecule has 0 aliphatic heterocycles. The summed E-state index contributed by atoms with van der Waals surface area (Å²) in [6.07, 6.45) is 1.89. The van der Waals surface area contributed by atoms with Crippen molar-refractivity contribution in [3.63, 3.8) is 0 Å². The summed E-state index contributed by atoms with van der Waals surface area (Å²) in [6.45, 7) is 10.3. The molecule has 1 nitrogen and oxygen atoms in total. The van der Waals surface area contributed by atoms with Crippen molar-refractivity contribution in [3.05, 3.63) is 36.4 Å². The SMILES string of the molecule is C=CCSc1ccc(C(C)(C)C)cc1N. The van der Waals surface area contributed by atoms with Gasteiger partial charge in [-0.15, -0.1) is 18.3 Å². The number of nitrogen functional groups attached to an aromatic ring is 1. The number of anilines is 1. The average Bonchev–Trinajstić information content (AvgIpc) is 2.14. The predicted molar refractivity (Wildman–Crippen MR) is 70.5 cm³/mol. The van der Waals surface area contributed by atoms with Crippen LogP contribution >= 0.6 is 11.8 Å². The fourth-order valence-electron chi connectivity index (χ4n) is 1.30. The lowest BCUT2D eigenvalue weighted by Crippen LogP contribution is -2.11. The maximum Gasteiger partial charge on any atom is 0.0455 e. The van der Waals surface area contributed by atoms with Crippen LogP contribution in [0.2, 0.25) is 0 Å². The maximum absolute atomic E-state index is 6.00. The van der Waals surface area contributed by atoms with E-state index < -0.39 is 0 Å². The Morgan fingerprint density at radius 3 is 2.53 bits per heavy atom. The number of nitrogens with two attached hydrogens (primary N) is 1. The van der Waals surface area contributed by atoms with E-state index in [2.05, 4.69) is 45.5 Å². The van der Waals surface area contributed by atoms with Crippen LogP contribution in [-0.2, 0) is 5.41 Å². The molecule has 82 valence electrons. The molecule has 1 aromatic rings. The molecule has 0 aromatic heterocycles. The molecule has 0 heterocycles. The minimum absolute atomic E-state index is 0.162. The Hall–Kier alpha value is -0.890. The van der Waals surface area contributed by atoms with E-state index in [4.69, 9.17) is 5.73 Å². The minimum atomic E-state index is 0.162. The molecule has 15 heavy (non-hydrogen) atoms. The van der Waals surface area contributed by atoms with Gasteiger partial charge < -0.3 is 5.73 Å². The monoisotopic (exact) mass is 221 g/mol. The quantitative estimate of drug-likeness (QED) is 0.477. The van der Waals surface area contributed by atoms with Gasteiger partial charge in [0.25, 0.3) is 0 Å². The Balaban J connectivity index is 2.93. The topological polar surface area (TPSA) is 26.0 Å². The minimum Gasteiger partial charge on any atom is -0.398 e. The van der Waals surface area contributed by atoms with Crippen LogP contribution in [0, 0.1) is 0 Å². The lowest BCUT2D eigenvalue weighted by Gasteiger charge is -2.20. The molecule has 0 aliphatic carbocycles. The van der Waals surface area contributed by atoms with Crippen LogP contribution in [0.4, 0.5) is 5.69 Å². The first-order valence-corrected chi connectivity index (χ1v) is 6.07. The van der Waals surface area contributed by atoms with Crippen LogP contribution in [0.3, 0.4) is 0 Å². The second-order valence-electron chi connectivity index (χ2n) is 4.60. The van der Waals surface area contributed by atoms with Gasteiger partial charge in [0.1, 0.15) is 0 Å². The smallest absolute Gasteiger partial charge is 0.0455 e.